The zero-order valence-corrected chi connectivity index (χ0v) is 19.7. The number of ether oxygens (including phenoxy) is 3. The van der Waals surface area contributed by atoms with E-state index in [4.69, 9.17) is 14.2 Å². The summed E-state index contributed by atoms with van der Waals surface area (Å²) in [5, 5.41) is 4.87. The molecular formula is C24H28N2O6S. The van der Waals surface area contributed by atoms with Gasteiger partial charge in [0.2, 0.25) is 5.91 Å². The minimum atomic E-state index is -0.709. The number of nitrogens with one attached hydrogen (secondary N) is 1. The van der Waals surface area contributed by atoms with Crippen molar-refractivity contribution in [3.05, 3.63) is 39.6 Å². The van der Waals surface area contributed by atoms with E-state index in [-0.39, 0.29) is 35.6 Å². The van der Waals surface area contributed by atoms with Crippen LogP contribution in [-0.2, 0) is 27.3 Å². The second-order valence-electron chi connectivity index (χ2n) is 8.23. The Morgan fingerprint density at radius 3 is 2.58 bits per heavy atom. The van der Waals surface area contributed by atoms with E-state index in [9.17, 15) is 14.4 Å². The number of amides is 2. The molecule has 1 aromatic carbocycles. The Morgan fingerprint density at radius 2 is 1.85 bits per heavy atom. The summed E-state index contributed by atoms with van der Waals surface area (Å²) in [6.45, 7) is 0.750. The second kappa shape index (κ2) is 10.2. The van der Waals surface area contributed by atoms with Crippen LogP contribution in [0.25, 0.3) is 0 Å². The Kier molecular flexibility index (Phi) is 7.17. The first-order valence-corrected chi connectivity index (χ1v) is 11.9. The molecule has 2 aromatic rings. The highest BCUT2D eigenvalue weighted by Crippen LogP contribution is 2.35. The normalized spacial score (nSPS) is 15.6. The highest BCUT2D eigenvalue weighted by Gasteiger charge is 2.27. The van der Waals surface area contributed by atoms with Crippen LogP contribution in [0.3, 0.4) is 0 Å². The summed E-state index contributed by atoms with van der Waals surface area (Å²) >= 11 is 1.70. The van der Waals surface area contributed by atoms with Gasteiger partial charge >= 0.3 is 5.97 Å². The van der Waals surface area contributed by atoms with Gasteiger partial charge in [-0.25, -0.2) is 4.79 Å². The first-order chi connectivity index (χ1) is 16.0. The number of hydrogen-bond donors (Lipinski definition) is 1. The third-order valence-electron chi connectivity index (χ3n) is 6.21. The number of carbonyl (C=O) groups excluding carboxylic acids is 3. The Balaban J connectivity index is 1.47. The van der Waals surface area contributed by atoms with E-state index < -0.39 is 5.97 Å². The SMILES string of the molecule is COc1cc(NC(=O)C2CCCC2)c(C(=O)OCC(=O)N2CCc3sccc3C2)cc1OC. The fourth-order valence-corrected chi connectivity index (χ4v) is 5.22. The zero-order valence-electron chi connectivity index (χ0n) is 18.8. The van der Waals surface area contributed by atoms with Crippen molar-refractivity contribution in [3.63, 3.8) is 0 Å². The summed E-state index contributed by atoms with van der Waals surface area (Å²) in [6, 6.07) is 5.04. The molecule has 2 amide bonds. The lowest BCUT2D eigenvalue weighted by molar-refractivity contribution is -0.135. The topological polar surface area (TPSA) is 94.2 Å². The van der Waals surface area contributed by atoms with Gasteiger partial charge in [0.05, 0.1) is 25.5 Å². The average molecular weight is 473 g/mol. The summed E-state index contributed by atoms with van der Waals surface area (Å²) in [4.78, 5) is 41.3. The zero-order chi connectivity index (χ0) is 23.4. The van der Waals surface area contributed by atoms with Gasteiger partial charge < -0.3 is 24.4 Å². The number of carbonyl (C=O) groups is 3. The number of methoxy groups -OCH3 is 2. The summed E-state index contributed by atoms with van der Waals surface area (Å²) in [5.41, 5.74) is 1.54. The Hall–Kier alpha value is -3.07. The Bertz CT molecular complexity index is 1040. The van der Waals surface area contributed by atoms with Crippen LogP contribution >= 0.6 is 11.3 Å². The number of rotatable bonds is 7. The molecule has 9 heteroatoms. The lowest BCUT2D eigenvalue weighted by atomic mass is 10.1. The number of fused-ring (bicyclic) bond motifs is 1. The highest BCUT2D eigenvalue weighted by molar-refractivity contribution is 7.10. The fraction of sp³-hybridized carbons (Fsp3) is 0.458. The molecule has 176 valence electrons. The lowest BCUT2D eigenvalue weighted by Crippen LogP contribution is -2.38. The predicted molar refractivity (Wildman–Crippen MR) is 124 cm³/mol. The molecule has 1 saturated carbocycles. The molecule has 0 saturated heterocycles. The van der Waals surface area contributed by atoms with Crippen molar-refractivity contribution in [3.8, 4) is 11.5 Å². The summed E-state index contributed by atoms with van der Waals surface area (Å²) in [5.74, 6) is -0.465. The van der Waals surface area contributed by atoms with Crippen LogP contribution in [0.2, 0.25) is 0 Å². The molecule has 0 bridgehead atoms. The van der Waals surface area contributed by atoms with Gasteiger partial charge in [-0.05, 0) is 36.3 Å². The molecule has 33 heavy (non-hydrogen) atoms. The van der Waals surface area contributed by atoms with E-state index in [2.05, 4.69) is 5.32 Å². The van der Waals surface area contributed by atoms with Crippen LogP contribution < -0.4 is 14.8 Å². The molecule has 2 aliphatic rings. The van der Waals surface area contributed by atoms with Gasteiger partial charge in [0.15, 0.2) is 18.1 Å². The first kappa shape index (κ1) is 23.1. The van der Waals surface area contributed by atoms with Crippen LogP contribution in [0, 0.1) is 5.92 Å². The lowest BCUT2D eigenvalue weighted by Gasteiger charge is -2.26. The Morgan fingerprint density at radius 1 is 1.12 bits per heavy atom. The van der Waals surface area contributed by atoms with Crippen molar-refractivity contribution in [2.45, 2.75) is 38.6 Å². The molecule has 1 N–H and O–H groups in total. The molecular weight excluding hydrogens is 444 g/mol. The number of anilines is 1. The minimum Gasteiger partial charge on any atom is -0.493 e. The van der Waals surface area contributed by atoms with Crippen molar-refractivity contribution >= 4 is 34.8 Å². The van der Waals surface area contributed by atoms with E-state index in [1.165, 1.54) is 25.2 Å². The maximum Gasteiger partial charge on any atom is 0.340 e. The summed E-state index contributed by atoms with van der Waals surface area (Å²) in [6.07, 6.45) is 4.50. The molecule has 2 heterocycles. The molecule has 4 rings (SSSR count). The van der Waals surface area contributed by atoms with Gasteiger partial charge in [-0.3, -0.25) is 9.59 Å². The van der Waals surface area contributed by atoms with Crippen LogP contribution in [0.5, 0.6) is 11.5 Å². The van der Waals surface area contributed by atoms with Crippen molar-refractivity contribution in [2.75, 3.05) is 32.7 Å². The molecule has 0 spiro atoms. The number of benzene rings is 1. The van der Waals surface area contributed by atoms with Crippen molar-refractivity contribution in [1.29, 1.82) is 0 Å². The van der Waals surface area contributed by atoms with Crippen LogP contribution in [0.15, 0.2) is 23.6 Å². The van der Waals surface area contributed by atoms with E-state index in [0.717, 1.165) is 37.7 Å². The smallest absolute Gasteiger partial charge is 0.340 e. The number of hydrogen-bond acceptors (Lipinski definition) is 7. The number of esters is 1. The molecule has 1 aliphatic heterocycles. The van der Waals surface area contributed by atoms with Gasteiger partial charge in [0.25, 0.3) is 5.91 Å². The monoisotopic (exact) mass is 472 g/mol. The summed E-state index contributed by atoms with van der Waals surface area (Å²) < 4.78 is 16.0. The quantitative estimate of drug-likeness (QED) is 0.619. The second-order valence-corrected chi connectivity index (χ2v) is 9.23. The minimum absolute atomic E-state index is 0.0790. The van der Waals surface area contributed by atoms with Crippen LogP contribution in [0.1, 0.15) is 46.5 Å². The van der Waals surface area contributed by atoms with Gasteiger partial charge in [0, 0.05) is 36.0 Å². The van der Waals surface area contributed by atoms with Gasteiger partial charge in [-0.1, -0.05) is 12.8 Å². The predicted octanol–water partition coefficient (Wildman–Crippen LogP) is 3.64. The molecule has 1 aliphatic carbocycles. The van der Waals surface area contributed by atoms with Crippen molar-refractivity contribution in [1.82, 2.24) is 4.90 Å². The van der Waals surface area contributed by atoms with Gasteiger partial charge in [-0.2, -0.15) is 0 Å². The van der Waals surface area contributed by atoms with E-state index in [1.54, 1.807) is 22.3 Å². The van der Waals surface area contributed by atoms with E-state index in [0.29, 0.717) is 24.6 Å². The Labute approximate surface area is 196 Å². The highest BCUT2D eigenvalue weighted by atomic mass is 32.1. The molecule has 0 atom stereocenters. The molecule has 0 radical (unpaired) electrons. The first-order valence-electron chi connectivity index (χ1n) is 11.1. The van der Waals surface area contributed by atoms with E-state index in [1.807, 2.05) is 11.4 Å². The maximum absolute atomic E-state index is 12.9. The van der Waals surface area contributed by atoms with Gasteiger partial charge in [-0.15, -0.1) is 11.3 Å². The maximum atomic E-state index is 12.9. The standard InChI is InChI=1S/C24H28N2O6S/c1-30-19-11-17(18(12-20(19)31-2)25-23(28)15-5-3-4-6-15)24(29)32-14-22(27)26-9-7-21-16(13-26)8-10-33-21/h8,10-12,15H,3-7,9,13-14H2,1-2H3,(H,25,28). The van der Waals surface area contributed by atoms with E-state index >= 15 is 0 Å². The fourth-order valence-electron chi connectivity index (χ4n) is 4.33. The summed E-state index contributed by atoms with van der Waals surface area (Å²) in [7, 11) is 2.94. The average Bonchev–Trinajstić information content (AvgIpc) is 3.53. The van der Waals surface area contributed by atoms with Crippen molar-refractivity contribution in [2.24, 2.45) is 5.92 Å². The van der Waals surface area contributed by atoms with Crippen LogP contribution in [0.4, 0.5) is 5.69 Å². The third-order valence-corrected chi connectivity index (χ3v) is 7.24. The molecule has 8 nitrogen and oxygen atoms in total. The van der Waals surface area contributed by atoms with Crippen molar-refractivity contribution < 1.29 is 28.6 Å². The number of thiophene rings is 1. The van der Waals surface area contributed by atoms with Crippen LogP contribution in [-0.4, -0.2) is 50.1 Å². The van der Waals surface area contributed by atoms with Gasteiger partial charge in [0.1, 0.15) is 0 Å². The third kappa shape index (κ3) is 5.13. The molecule has 1 aromatic heterocycles. The largest absolute Gasteiger partial charge is 0.493 e. The molecule has 0 unspecified atom stereocenters. The number of nitrogens with zero attached hydrogens (tertiary/aromatic N) is 1. The molecule has 1 fully saturated rings.